The van der Waals surface area contributed by atoms with E-state index in [9.17, 15) is 9.90 Å². The first-order chi connectivity index (χ1) is 9.08. The van der Waals surface area contributed by atoms with Crippen molar-refractivity contribution in [1.82, 2.24) is 0 Å². The van der Waals surface area contributed by atoms with Gasteiger partial charge in [-0.05, 0) is 36.6 Å². The van der Waals surface area contributed by atoms with Crippen molar-refractivity contribution < 1.29 is 9.90 Å². The zero-order valence-corrected chi connectivity index (χ0v) is 11.1. The minimum Gasteiger partial charge on any atom is -0.478 e. The summed E-state index contributed by atoms with van der Waals surface area (Å²) in [6.07, 6.45) is 2.09. The molecule has 2 heteroatoms. The molecule has 2 aromatic rings. The predicted octanol–water partition coefficient (Wildman–Crippen LogP) is 4.48. The van der Waals surface area contributed by atoms with Crippen molar-refractivity contribution >= 4 is 12.0 Å². The lowest BCUT2D eigenvalue weighted by Gasteiger charge is -2.06. The molecule has 0 saturated carbocycles. The van der Waals surface area contributed by atoms with Crippen molar-refractivity contribution in [1.29, 1.82) is 0 Å². The van der Waals surface area contributed by atoms with E-state index in [2.05, 4.69) is 6.08 Å². The summed E-state index contributed by atoms with van der Waals surface area (Å²) in [7, 11) is 0. The van der Waals surface area contributed by atoms with Crippen LogP contribution >= 0.6 is 0 Å². The molecule has 0 bridgehead atoms. The molecule has 0 amide bonds. The highest BCUT2D eigenvalue weighted by Gasteiger charge is 2.10. The number of rotatable bonds is 3. The molecule has 2 aromatic carbocycles. The first-order valence-electron chi connectivity index (χ1n) is 6.15. The predicted molar refractivity (Wildman–Crippen MR) is 78.2 cm³/mol. The van der Waals surface area contributed by atoms with E-state index in [-0.39, 0.29) is 0 Å². The van der Waals surface area contributed by atoms with Gasteiger partial charge in [0.1, 0.15) is 0 Å². The third kappa shape index (κ3) is 3.10. The quantitative estimate of drug-likeness (QED) is 0.874. The highest BCUT2D eigenvalue weighted by molar-refractivity contribution is 5.96. The van der Waals surface area contributed by atoms with Gasteiger partial charge in [-0.25, -0.2) is 4.79 Å². The van der Waals surface area contributed by atoms with Crippen LogP contribution in [0.3, 0.4) is 0 Å². The Morgan fingerprint density at radius 3 is 2.21 bits per heavy atom. The lowest BCUT2D eigenvalue weighted by Crippen LogP contribution is -1.98. The topological polar surface area (TPSA) is 37.3 Å². The van der Waals surface area contributed by atoms with E-state index in [1.165, 1.54) is 5.57 Å². The number of aromatic carboxylic acids is 1. The highest BCUT2D eigenvalue weighted by atomic mass is 16.4. The van der Waals surface area contributed by atoms with E-state index in [4.69, 9.17) is 0 Å². The van der Waals surface area contributed by atoms with Crippen LogP contribution in [-0.2, 0) is 0 Å². The number of benzene rings is 2. The third-order valence-electron chi connectivity index (χ3n) is 2.83. The molecule has 0 spiro atoms. The largest absolute Gasteiger partial charge is 0.478 e. The molecule has 0 heterocycles. The van der Waals surface area contributed by atoms with Gasteiger partial charge in [0.15, 0.2) is 0 Å². The summed E-state index contributed by atoms with van der Waals surface area (Å²) in [6, 6.07) is 15.0. The van der Waals surface area contributed by atoms with Crippen molar-refractivity contribution in [2.75, 3.05) is 0 Å². The molecular weight excluding hydrogens is 236 g/mol. The van der Waals surface area contributed by atoms with Crippen LogP contribution in [0.1, 0.15) is 29.8 Å². The number of allylic oxidation sites excluding steroid dienone is 1. The van der Waals surface area contributed by atoms with E-state index in [0.717, 1.165) is 16.7 Å². The first-order valence-corrected chi connectivity index (χ1v) is 6.15. The molecule has 96 valence electrons. The summed E-state index contributed by atoms with van der Waals surface area (Å²) in [6.45, 7) is 4.10. The molecule has 2 nitrogen and oxygen atoms in total. The fourth-order valence-electron chi connectivity index (χ4n) is 2.01. The number of carbonyl (C=O) groups is 1. The van der Waals surface area contributed by atoms with Crippen molar-refractivity contribution in [3.8, 4) is 11.1 Å². The molecular formula is C17H16O2. The maximum Gasteiger partial charge on any atom is 0.336 e. The molecule has 0 aromatic heterocycles. The Kier molecular flexibility index (Phi) is 3.81. The Balaban J connectivity index is 2.43. The SMILES string of the molecule is CC(C)=Cc1ccc(-c2ccccc2C(=O)O)cc1. The smallest absolute Gasteiger partial charge is 0.336 e. The van der Waals surface area contributed by atoms with Gasteiger partial charge in [0.25, 0.3) is 0 Å². The molecule has 0 radical (unpaired) electrons. The van der Waals surface area contributed by atoms with Crippen LogP contribution in [0.2, 0.25) is 0 Å². The summed E-state index contributed by atoms with van der Waals surface area (Å²) < 4.78 is 0. The molecule has 19 heavy (non-hydrogen) atoms. The maximum absolute atomic E-state index is 11.2. The van der Waals surface area contributed by atoms with E-state index in [1.807, 2.05) is 50.2 Å². The average molecular weight is 252 g/mol. The molecule has 0 unspecified atom stereocenters. The standard InChI is InChI=1S/C17H16O2/c1-12(2)11-13-7-9-14(10-8-13)15-5-3-4-6-16(15)17(18)19/h3-11H,1-2H3,(H,18,19). The number of carboxylic acids is 1. The molecule has 0 aliphatic rings. The molecule has 0 fully saturated rings. The van der Waals surface area contributed by atoms with Gasteiger partial charge >= 0.3 is 5.97 Å². The minimum absolute atomic E-state index is 0.331. The zero-order chi connectivity index (χ0) is 13.8. The van der Waals surface area contributed by atoms with Crippen molar-refractivity contribution in [2.24, 2.45) is 0 Å². The summed E-state index contributed by atoms with van der Waals surface area (Å²) in [5.41, 5.74) is 4.36. The molecule has 2 rings (SSSR count). The fraction of sp³-hybridized carbons (Fsp3) is 0.118. The third-order valence-corrected chi connectivity index (χ3v) is 2.83. The Hall–Kier alpha value is -2.35. The zero-order valence-electron chi connectivity index (χ0n) is 11.1. The van der Waals surface area contributed by atoms with Crippen LogP contribution in [0.15, 0.2) is 54.1 Å². The van der Waals surface area contributed by atoms with Gasteiger partial charge in [0, 0.05) is 0 Å². The molecule has 1 N–H and O–H groups in total. The summed E-state index contributed by atoms with van der Waals surface area (Å²) in [5, 5.41) is 9.19. The van der Waals surface area contributed by atoms with Gasteiger partial charge in [-0.2, -0.15) is 0 Å². The monoisotopic (exact) mass is 252 g/mol. The lowest BCUT2D eigenvalue weighted by molar-refractivity contribution is 0.0697. The van der Waals surface area contributed by atoms with Gasteiger partial charge in [-0.3, -0.25) is 0 Å². The Morgan fingerprint density at radius 1 is 1.00 bits per heavy atom. The van der Waals surface area contributed by atoms with Crippen LogP contribution in [0.4, 0.5) is 0 Å². The summed E-state index contributed by atoms with van der Waals surface area (Å²) >= 11 is 0. The van der Waals surface area contributed by atoms with Crippen molar-refractivity contribution in [3.05, 3.63) is 65.2 Å². The normalized spacial score (nSPS) is 10.0. The fourth-order valence-corrected chi connectivity index (χ4v) is 2.01. The van der Waals surface area contributed by atoms with Crippen LogP contribution < -0.4 is 0 Å². The molecule has 0 atom stereocenters. The van der Waals surface area contributed by atoms with Gasteiger partial charge < -0.3 is 5.11 Å². The van der Waals surface area contributed by atoms with Crippen LogP contribution in [0.25, 0.3) is 17.2 Å². The van der Waals surface area contributed by atoms with E-state index >= 15 is 0 Å². The second kappa shape index (κ2) is 5.53. The van der Waals surface area contributed by atoms with Gasteiger partial charge in [-0.1, -0.05) is 54.1 Å². The molecule has 0 aliphatic carbocycles. The highest BCUT2D eigenvalue weighted by Crippen LogP contribution is 2.24. The average Bonchev–Trinajstić information content (AvgIpc) is 2.39. The van der Waals surface area contributed by atoms with Crippen LogP contribution in [0, 0.1) is 0 Å². The second-order valence-corrected chi connectivity index (χ2v) is 4.69. The van der Waals surface area contributed by atoms with Gasteiger partial charge in [0.05, 0.1) is 5.56 Å². The maximum atomic E-state index is 11.2. The number of hydrogen-bond acceptors (Lipinski definition) is 1. The molecule has 0 saturated heterocycles. The van der Waals surface area contributed by atoms with Crippen LogP contribution in [-0.4, -0.2) is 11.1 Å². The Morgan fingerprint density at radius 2 is 1.63 bits per heavy atom. The minimum atomic E-state index is -0.899. The van der Waals surface area contributed by atoms with E-state index < -0.39 is 5.97 Å². The van der Waals surface area contributed by atoms with Crippen LogP contribution in [0.5, 0.6) is 0 Å². The van der Waals surface area contributed by atoms with Gasteiger partial charge in [-0.15, -0.1) is 0 Å². The van der Waals surface area contributed by atoms with Crippen molar-refractivity contribution in [2.45, 2.75) is 13.8 Å². The first kappa shape index (κ1) is 13.1. The number of carboxylic acid groups (broad SMARTS) is 1. The Bertz CT molecular complexity index is 618. The Labute approximate surface area is 113 Å². The van der Waals surface area contributed by atoms with Crippen molar-refractivity contribution in [3.63, 3.8) is 0 Å². The number of hydrogen-bond donors (Lipinski definition) is 1. The molecule has 0 aliphatic heterocycles. The summed E-state index contributed by atoms with van der Waals surface area (Å²) in [4.78, 5) is 11.2. The van der Waals surface area contributed by atoms with E-state index in [1.54, 1.807) is 12.1 Å². The summed E-state index contributed by atoms with van der Waals surface area (Å²) in [5.74, 6) is -0.899. The second-order valence-electron chi connectivity index (χ2n) is 4.69. The van der Waals surface area contributed by atoms with Gasteiger partial charge in [0.2, 0.25) is 0 Å². The lowest BCUT2D eigenvalue weighted by atomic mass is 9.98. The van der Waals surface area contributed by atoms with E-state index in [0.29, 0.717) is 5.56 Å².